The van der Waals surface area contributed by atoms with E-state index in [1.807, 2.05) is 25.7 Å². The molecule has 0 N–H and O–H groups in total. The van der Waals surface area contributed by atoms with Crippen LogP contribution in [0.3, 0.4) is 0 Å². The van der Waals surface area contributed by atoms with E-state index >= 15 is 0 Å². The molecule has 0 bridgehead atoms. The standard InChI is InChI=1S/C28H38N2O5/c1-17-16-29(18(2)14-20(17)15-24(31)35-28(3,4)5)25(32)19-10-12-21(13-11-19)30-26(33)22-8-6-7-9-23(22)27(30)34/h6-9,17-21H,10-16H2,1-5H3. The highest BCUT2D eigenvalue weighted by Crippen LogP contribution is 2.37. The summed E-state index contributed by atoms with van der Waals surface area (Å²) in [6.45, 7) is 10.5. The van der Waals surface area contributed by atoms with Gasteiger partial charge < -0.3 is 9.64 Å². The van der Waals surface area contributed by atoms with Gasteiger partial charge in [0.2, 0.25) is 5.91 Å². The number of fused-ring (bicyclic) bond motifs is 1. The molecule has 1 aromatic rings. The second-order valence-corrected chi connectivity index (χ2v) is 11.6. The number of amides is 3. The summed E-state index contributed by atoms with van der Waals surface area (Å²) < 4.78 is 5.51. The summed E-state index contributed by atoms with van der Waals surface area (Å²) in [5.41, 5.74) is 0.467. The first-order valence-corrected chi connectivity index (χ1v) is 13.0. The zero-order valence-electron chi connectivity index (χ0n) is 21.6. The van der Waals surface area contributed by atoms with E-state index in [1.165, 1.54) is 4.90 Å². The lowest BCUT2D eigenvalue weighted by molar-refractivity contribution is -0.157. The molecule has 1 saturated heterocycles. The van der Waals surface area contributed by atoms with Crippen LogP contribution in [0.2, 0.25) is 0 Å². The number of piperidine rings is 1. The van der Waals surface area contributed by atoms with Crippen molar-refractivity contribution in [2.45, 2.75) is 90.8 Å². The van der Waals surface area contributed by atoms with Gasteiger partial charge in [-0.25, -0.2) is 0 Å². The van der Waals surface area contributed by atoms with Crippen molar-refractivity contribution in [2.75, 3.05) is 6.54 Å². The third-order valence-electron chi connectivity index (χ3n) is 7.83. The number of nitrogens with zero attached hydrogens (tertiary/aromatic N) is 2. The number of rotatable bonds is 4. The molecule has 0 radical (unpaired) electrons. The molecular formula is C28H38N2O5. The number of ether oxygens (including phenoxy) is 1. The largest absolute Gasteiger partial charge is 0.460 e. The number of carbonyl (C=O) groups excluding carboxylic acids is 4. The van der Waals surface area contributed by atoms with Gasteiger partial charge in [-0.05, 0) is 83.8 Å². The second-order valence-electron chi connectivity index (χ2n) is 11.6. The van der Waals surface area contributed by atoms with Crippen LogP contribution in [0.15, 0.2) is 24.3 Å². The highest BCUT2D eigenvalue weighted by atomic mass is 16.6. The second kappa shape index (κ2) is 9.75. The van der Waals surface area contributed by atoms with Crippen LogP contribution >= 0.6 is 0 Å². The summed E-state index contributed by atoms with van der Waals surface area (Å²) in [7, 11) is 0. The molecule has 4 rings (SSSR count). The van der Waals surface area contributed by atoms with Crippen molar-refractivity contribution >= 4 is 23.7 Å². The number of benzene rings is 1. The summed E-state index contributed by atoms with van der Waals surface area (Å²) in [6.07, 6.45) is 3.83. The van der Waals surface area contributed by atoms with E-state index in [0.29, 0.717) is 49.8 Å². The van der Waals surface area contributed by atoms with Crippen LogP contribution in [0.5, 0.6) is 0 Å². The van der Waals surface area contributed by atoms with Crippen LogP contribution < -0.4 is 0 Å². The van der Waals surface area contributed by atoms with Gasteiger partial charge in [0.15, 0.2) is 0 Å². The van der Waals surface area contributed by atoms with Crippen LogP contribution in [0.1, 0.15) is 93.9 Å². The van der Waals surface area contributed by atoms with Crippen molar-refractivity contribution in [3.05, 3.63) is 35.4 Å². The molecule has 190 valence electrons. The van der Waals surface area contributed by atoms with E-state index in [9.17, 15) is 19.2 Å². The highest BCUT2D eigenvalue weighted by Gasteiger charge is 2.43. The Bertz CT molecular complexity index is 970. The Hall–Kier alpha value is -2.70. The number of carbonyl (C=O) groups is 4. The molecule has 0 aromatic heterocycles. The first-order chi connectivity index (χ1) is 16.5. The van der Waals surface area contributed by atoms with Gasteiger partial charge in [0.1, 0.15) is 5.60 Å². The first kappa shape index (κ1) is 25.4. The Balaban J connectivity index is 1.32. The Labute approximate surface area is 208 Å². The normalized spacial score (nSPS) is 29.2. The monoisotopic (exact) mass is 482 g/mol. The molecule has 3 aliphatic rings. The fraction of sp³-hybridized carbons (Fsp3) is 0.643. The fourth-order valence-corrected chi connectivity index (χ4v) is 5.98. The van der Waals surface area contributed by atoms with Crippen molar-refractivity contribution in [1.29, 1.82) is 0 Å². The molecule has 7 heteroatoms. The molecule has 3 amide bonds. The van der Waals surface area contributed by atoms with Crippen molar-refractivity contribution < 1.29 is 23.9 Å². The maximum Gasteiger partial charge on any atom is 0.306 e. The topological polar surface area (TPSA) is 84.0 Å². The van der Waals surface area contributed by atoms with Gasteiger partial charge in [-0.1, -0.05) is 19.1 Å². The van der Waals surface area contributed by atoms with Crippen LogP contribution in [0.4, 0.5) is 0 Å². The number of hydrogen-bond donors (Lipinski definition) is 0. The zero-order valence-corrected chi connectivity index (χ0v) is 21.6. The summed E-state index contributed by atoms with van der Waals surface area (Å²) in [4.78, 5) is 54.9. The van der Waals surface area contributed by atoms with Crippen molar-refractivity contribution in [3.63, 3.8) is 0 Å². The van der Waals surface area contributed by atoms with Gasteiger partial charge >= 0.3 is 5.97 Å². The van der Waals surface area contributed by atoms with Gasteiger partial charge in [0, 0.05) is 31.0 Å². The van der Waals surface area contributed by atoms with E-state index in [1.54, 1.807) is 24.3 Å². The molecule has 3 atom stereocenters. The highest BCUT2D eigenvalue weighted by molar-refractivity contribution is 6.21. The quantitative estimate of drug-likeness (QED) is 0.468. The molecule has 1 aliphatic carbocycles. The molecule has 2 fully saturated rings. The molecular weight excluding hydrogens is 444 g/mol. The summed E-state index contributed by atoms with van der Waals surface area (Å²) >= 11 is 0. The lowest BCUT2D eigenvalue weighted by atomic mass is 9.79. The van der Waals surface area contributed by atoms with E-state index in [-0.39, 0.29) is 53.5 Å². The molecule has 1 saturated carbocycles. The predicted octanol–water partition coefficient (Wildman–Crippen LogP) is 4.45. The van der Waals surface area contributed by atoms with E-state index in [4.69, 9.17) is 4.74 Å². The van der Waals surface area contributed by atoms with Gasteiger partial charge in [-0.2, -0.15) is 0 Å². The first-order valence-electron chi connectivity index (χ1n) is 13.0. The Morgan fingerprint density at radius 1 is 0.971 bits per heavy atom. The maximum absolute atomic E-state index is 13.4. The zero-order chi connectivity index (χ0) is 25.5. The number of hydrogen-bond acceptors (Lipinski definition) is 5. The van der Waals surface area contributed by atoms with E-state index in [0.717, 1.165) is 6.42 Å². The summed E-state index contributed by atoms with van der Waals surface area (Å²) in [5.74, 6) is -0.0947. The minimum Gasteiger partial charge on any atom is -0.460 e. The molecule has 1 aromatic carbocycles. The average Bonchev–Trinajstić information content (AvgIpc) is 3.05. The number of esters is 1. The van der Waals surface area contributed by atoms with E-state index < -0.39 is 5.60 Å². The summed E-state index contributed by atoms with van der Waals surface area (Å²) in [5, 5.41) is 0. The molecule has 7 nitrogen and oxygen atoms in total. The van der Waals surface area contributed by atoms with Crippen LogP contribution in [0.25, 0.3) is 0 Å². The van der Waals surface area contributed by atoms with Gasteiger partial charge in [-0.3, -0.25) is 24.1 Å². The van der Waals surface area contributed by atoms with Crippen molar-refractivity contribution in [3.8, 4) is 0 Å². The van der Waals surface area contributed by atoms with Crippen LogP contribution in [0, 0.1) is 17.8 Å². The summed E-state index contributed by atoms with van der Waals surface area (Å²) in [6, 6.07) is 6.89. The van der Waals surface area contributed by atoms with Crippen LogP contribution in [-0.2, 0) is 14.3 Å². The number of likely N-dealkylation sites (tertiary alicyclic amines) is 1. The Kier molecular flexibility index (Phi) is 7.07. The average molecular weight is 483 g/mol. The van der Waals surface area contributed by atoms with Crippen LogP contribution in [-0.4, -0.2) is 57.7 Å². The maximum atomic E-state index is 13.4. The minimum atomic E-state index is -0.492. The predicted molar refractivity (Wildman–Crippen MR) is 132 cm³/mol. The smallest absolute Gasteiger partial charge is 0.306 e. The van der Waals surface area contributed by atoms with Crippen molar-refractivity contribution in [2.24, 2.45) is 17.8 Å². The Morgan fingerprint density at radius 2 is 1.54 bits per heavy atom. The van der Waals surface area contributed by atoms with Gasteiger partial charge in [0.05, 0.1) is 11.1 Å². The van der Waals surface area contributed by atoms with E-state index in [2.05, 4.69) is 13.8 Å². The SMILES string of the molecule is CC1CN(C(=O)C2CCC(N3C(=O)c4ccccc4C3=O)CC2)C(C)CC1CC(=O)OC(C)(C)C. The molecule has 35 heavy (non-hydrogen) atoms. The molecule has 2 aliphatic heterocycles. The molecule has 0 spiro atoms. The van der Waals surface area contributed by atoms with Gasteiger partial charge in [0.25, 0.3) is 11.8 Å². The lowest BCUT2D eigenvalue weighted by Crippen LogP contribution is -2.51. The minimum absolute atomic E-state index is 0.0695. The lowest BCUT2D eigenvalue weighted by Gasteiger charge is -2.44. The molecule has 2 heterocycles. The Morgan fingerprint density at radius 3 is 2.09 bits per heavy atom. The van der Waals surface area contributed by atoms with Gasteiger partial charge in [-0.15, -0.1) is 0 Å². The number of imide groups is 1. The fourth-order valence-electron chi connectivity index (χ4n) is 5.98. The third-order valence-corrected chi connectivity index (χ3v) is 7.83. The molecule has 3 unspecified atom stereocenters. The van der Waals surface area contributed by atoms with Crippen molar-refractivity contribution in [1.82, 2.24) is 9.80 Å². The third kappa shape index (κ3) is 5.29.